The van der Waals surface area contributed by atoms with Gasteiger partial charge in [0.05, 0.1) is 6.61 Å². The van der Waals surface area contributed by atoms with Gasteiger partial charge >= 0.3 is 0 Å². The molecule has 5 nitrogen and oxygen atoms in total. The highest BCUT2D eigenvalue weighted by Crippen LogP contribution is 2.15. The van der Waals surface area contributed by atoms with E-state index in [1.165, 1.54) is 24.3 Å². The maximum atomic E-state index is 5.19. The summed E-state index contributed by atoms with van der Waals surface area (Å²) in [7, 11) is 3.60. The van der Waals surface area contributed by atoms with Crippen LogP contribution in [0.25, 0.3) is 0 Å². The first-order valence-electron chi connectivity index (χ1n) is 8.03. The molecule has 0 aromatic carbocycles. The average Bonchev–Trinajstić information content (AvgIpc) is 3.20. The Labute approximate surface area is 137 Å². The number of likely N-dealkylation sites (tertiary alicyclic amines) is 1. The minimum Gasteiger partial charge on any atom is -0.383 e. The first kappa shape index (κ1) is 17.2. The highest BCUT2D eigenvalue weighted by molar-refractivity contribution is 7.09. The summed E-state index contributed by atoms with van der Waals surface area (Å²) in [5, 5.41) is 8.97. The maximum Gasteiger partial charge on any atom is 0.191 e. The normalized spacial score (nSPS) is 19.5. The molecule has 22 heavy (non-hydrogen) atoms. The number of hydrogen-bond donors (Lipinski definition) is 2. The first-order chi connectivity index (χ1) is 10.8. The molecule has 0 bridgehead atoms. The van der Waals surface area contributed by atoms with E-state index in [-0.39, 0.29) is 0 Å². The van der Waals surface area contributed by atoms with Gasteiger partial charge in [-0.25, -0.2) is 0 Å². The minimum atomic E-state index is 0.589. The van der Waals surface area contributed by atoms with Crippen molar-refractivity contribution in [2.75, 3.05) is 46.9 Å². The van der Waals surface area contributed by atoms with Gasteiger partial charge in [0.15, 0.2) is 5.96 Å². The number of hydrogen-bond acceptors (Lipinski definition) is 4. The highest BCUT2D eigenvalue weighted by Gasteiger charge is 2.23. The zero-order chi connectivity index (χ0) is 15.6. The van der Waals surface area contributed by atoms with Crippen molar-refractivity contribution >= 4 is 17.3 Å². The van der Waals surface area contributed by atoms with Crippen molar-refractivity contribution in [1.29, 1.82) is 0 Å². The lowest BCUT2D eigenvalue weighted by Gasteiger charge is -2.25. The Morgan fingerprint density at radius 1 is 1.50 bits per heavy atom. The fraction of sp³-hybridized carbons (Fsp3) is 0.688. The molecule has 0 radical (unpaired) electrons. The van der Waals surface area contributed by atoms with Crippen molar-refractivity contribution in [3.05, 3.63) is 22.4 Å². The van der Waals surface area contributed by atoms with Gasteiger partial charge in [0, 0.05) is 44.7 Å². The van der Waals surface area contributed by atoms with Crippen molar-refractivity contribution in [2.45, 2.75) is 25.3 Å². The molecule has 2 heterocycles. The summed E-state index contributed by atoms with van der Waals surface area (Å²) in [5.74, 6) is 0.898. The molecular weight excluding hydrogens is 296 g/mol. The van der Waals surface area contributed by atoms with E-state index >= 15 is 0 Å². The number of aliphatic imine (C=N–C) groups is 1. The van der Waals surface area contributed by atoms with Crippen molar-refractivity contribution in [2.24, 2.45) is 4.99 Å². The Kier molecular flexibility index (Phi) is 7.70. The number of ether oxygens (including phenoxy) is 1. The Bertz CT molecular complexity index is 435. The molecule has 6 heteroatoms. The highest BCUT2D eigenvalue weighted by atomic mass is 32.1. The fourth-order valence-corrected chi connectivity index (χ4v) is 3.53. The van der Waals surface area contributed by atoms with Gasteiger partial charge in [-0.2, -0.15) is 0 Å². The van der Waals surface area contributed by atoms with Gasteiger partial charge in [0.2, 0.25) is 0 Å². The quantitative estimate of drug-likeness (QED) is 0.563. The second-order valence-corrected chi connectivity index (χ2v) is 6.57. The van der Waals surface area contributed by atoms with Crippen LogP contribution in [0.3, 0.4) is 0 Å². The van der Waals surface area contributed by atoms with Crippen LogP contribution in [0.4, 0.5) is 0 Å². The number of nitrogens with zero attached hydrogens (tertiary/aromatic N) is 2. The first-order valence-corrected chi connectivity index (χ1v) is 8.91. The summed E-state index contributed by atoms with van der Waals surface area (Å²) >= 11 is 1.81. The van der Waals surface area contributed by atoms with Crippen LogP contribution in [0.5, 0.6) is 0 Å². The van der Waals surface area contributed by atoms with Crippen LogP contribution in [0, 0.1) is 0 Å². The van der Waals surface area contributed by atoms with Crippen molar-refractivity contribution in [1.82, 2.24) is 15.5 Å². The average molecular weight is 324 g/mol. The number of guanidine groups is 1. The van der Waals surface area contributed by atoms with Gasteiger partial charge in [0.1, 0.15) is 0 Å². The predicted molar refractivity (Wildman–Crippen MR) is 93.9 cm³/mol. The van der Waals surface area contributed by atoms with Crippen LogP contribution in [0.2, 0.25) is 0 Å². The maximum absolute atomic E-state index is 5.19. The Morgan fingerprint density at radius 3 is 3.14 bits per heavy atom. The molecule has 1 fully saturated rings. The second-order valence-electron chi connectivity index (χ2n) is 5.53. The van der Waals surface area contributed by atoms with Crippen molar-refractivity contribution in [3.63, 3.8) is 0 Å². The standard InChI is InChI=1S/C16H28N4OS/c1-17-16(18-8-7-15-6-4-12-22-15)19-13-14-5-3-9-20(14)10-11-21-2/h4,6,12,14H,3,5,7-11,13H2,1-2H3,(H2,17,18,19). The van der Waals surface area contributed by atoms with E-state index < -0.39 is 0 Å². The SMILES string of the molecule is CN=C(NCCc1cccs1)NCC1CCCN1CCOC. The molecule has 124 valence electrons. The second kappa shape index (κ2) is 9.82. The summed E-state index contributed by atoms with van der Waals surface area (Å²) in [6, 6.07) is 4.86. The van der Waals surface area contributed by atoms with Crippen LogP contribution in [0.15, 0.2) is 22.5 Å². The van der Waals surface area contributed by atoms with E-state index in [1.807, 2.05) is 7.05 Å². The van der Waals surface area contributed by atoms with Gasteiger partial charge in [-0.05, 0) is 37.3 Å². The van der Waals surface area contributed by atoms with Crippen LogP contribution < -0.4 is 10.6 Å². The van der Waals surface area contributed by atoms with Gasteiger partial charge in [-0.1, -0.05) is 6.07 Å². The number of methoxy groups -OCH3 is 1. The van der Waals surface area contributed by atoms with E-state index in [0.29, 0.717) is 6.04 Å². The van der Waals surface area contributed by atoms with Crippen LogP contribution in [0.1, 0.15) is 17.7 Å². The van der Waals surface area contributed by atoms with Crippen LogP contribution in [-0.2, 0) is 11.2 Å². The number of thiophene rings is 1. The lowest BCUT2D eigenvalue weighted by molar-refractivity contribution is 0.141. The lowest BCUT2D eigenvalue weighted by atomic mass is 10.2. The molecule has 0 saturated carbocycles. The van der Waals surface area contributed by atoms with Gasteiger partial charge in [-0.15, -0.1) is 11.3 Å². The molecule has 0 amide bonds. The Balaban J connectivity index is 1.67. The topological polar surface area (TPSA) is 48.9 Å². The number of nitrogens with one attached hydrogen (secondary N) is 2. The molecule has 1 aromatic rings. The molecule has 2 rings (SSSR count). The van der Waals surface area contributed by atoms with Crippen molar-refractivity contribution < 1.29 is 4.74 Å². The fourth-order valence-electron chi connectivity index (χ4n) is 2.82. The van der Waals surface area contributed by atoms with E-state index in [0.717, 1.165) is 38.6 Å². The third-order valence-corrected chi connectivity index (χ3v) is 4.99. The molecule has 1 saturated heterocycles. The largest absolute Gasteiger partial charge is 0.383 e. The molecular formula is C16H28N4OS. The molecule has 1 aliphatic rings. The third-order valence-electron chi connectivity index (χ3n) is 4.05. The molecule has 1 aromatic heterocycles. The minimum absolute atomic E-state index is 0.589. The summed E-state index contributed by atoms with van der Waals surface area (Å²) in [5.41, 5.74) is 0. The van der Waals surface area contributed by atoms with E-state index in [2.05, 4.69) is 38.0 Å². The predicted octanol–water partition coefficient (Wildman–Crippen LogP) is 1.57. The van der Waals surface area contributed by atoms with Gasteiger partial charge < -0.3 is 15.4 Å². The molecule has 1 unspecified atom stereocenters. The van der Waals surface area contributed by atoms with Gasteiger partial charge in [0.25, 0.3) is 0 Å². The molecule has 2 N–H and O–H groups in total. The summed E-state index contributed by atoms with van der Waals surface area (Å²) in [6.45, 7) is 4.87. The Morgan fingerprint density at radius 2 is 2.41 bits per heavy atom. The summed E-state index contributed by atoms with van der Waals surface area (Å²) in [4.78, 5) is 8.23. The Hall–Kier alpha value is -1.11. The zero-order valence-corrected chi connectivity index (χ0v) is 14.5. The summed E-state index contributed by atoms with van der Waals surface area (Å²) in [6.07, 6.45) is 3.57. The van der Waals surface area contributed by atoms with Crippen molar-refractivity contribution in [3.8, 4) is 0 Å². The smallest absolute Gasteiger partial charge is 0.191 e. The van der Waals surface area contributed by atoms with Gasteiger partial charge in [-0.3, -0.25) is 9.89 Å². The zero-order valence-electron chi connectivity index (χ0n) is 13.7. The van der Waals surface area contributed by atoms with E-state index in [1.54, 1.807) is 18.4 Å². The molecule has 1 aliphatic heterocycles. The molecule has 0 aliphatic carbocycles. The van der Waals surface area contributed by atoms with E-state index in [9.17, 15) is 0 Å². The molecule has 1 atom stereocenters. The third kappa shape index (κ3) is 5.59. The monoisotopic (exact) mass is 324 g/mol. The van der Waals surface area contributed by atoms with E-state index in [4.69, 9.17) is 4.74 Å². The van der Waals surface area contributed by atoms with Crippen LogP contribution >= 0.6 is 11.3 Å². The summed E-state index contributed by atoms with van der Waals surface area (Å²) < 4.78 is 5.19. The molecule has 0 spiro atoms. The lowest BCUT2D eigenvalue weighted by Crippen LogP contribution is -2.45. The van der Waals surface area contributed by atoms with Crippen LogP contribution in [-0.4, -0.2) is 63.8 Å². The number of rotatable bonds is 8.